The number of carbonyl (C=O) groups excluding carboxylic acids is 4. The van der Waals surface area contributed by atoms with E-state index < -0.39 is 23.5 Å². The molecule has 0 spiro atoms. The lowest BCUT2D eigenvalue weighted by atomic mass is 9.84. The Hall–Kier alpha value is -2.87. The average Bonchev–Trinajstić information content (AvgIpc) is 3.23. The molecule has 4 rings (SSSR count). The summed E-state index contributed by atoms with van der Waals surface area (Å²) < 4.78 is 0. The molecule has 5 atom stereocenters. The fourth-order valence-electron chi connectivity index (χ4n) is 6.22. The van der Waals surface area contributed by atoms with E-state index in [1.54, 1.807) is 11.0 Å². The average molecular weight is 557 g/mol. The highest BCUT2D eigenvalue weighted by molar-refractivity contribution is 6.28. The summed E-state index contributed by atoms with van der Waals surface area (Å²) in [7, 11) is 0. The number of halogens is 1. The lowest BCUT2D eigenvalue weighted by molar-refractivity contribution is -0.143. The Morgan fingerprint density at radius 3 is 2.38 bits per heavy atom. The lowest BCUT2D eigenvalue weighted by Crippen LogP contribution is -2.59. The number of ketones is 1. The lowest BCUT2D eigenvalue weighted by Gasteiger charge is -2.36. The van der Waals surface area contributed by atoms with Crippen LogP contribution in [0, 0.1) is 28.6 Å². The normalized spacial score (nSPS) is 23.3. The van der Waals surface area contributed by atoms with Crippen LogP contribution < -0.4 is 10.6 Å². The van der Waals surface area contributed by atoms with Gasteiger partial charge in [0.25, 0.3) is 5.91 Å². The molecule has 2 heterocycles. The zero-order valence-electron chi connectivity index (χ0n) is 23.9. The molecule has 3 N–H and O–H groups in total. The minimum atomic E-state index is -0.789. The molecule has 2 aliphatic rings. The maximum Gasteiger partial charge on any atom is 0.268 e. The first-order valence-electron chi connectivity index (χ1n) is 13.7. The Kier molecular flexibility index (Phi) is 7.92. The van der Waals surface area contributed by atoms with Gasteiger partial charge in [0.1, 0.15) is 17.8 Å². The molecule has 1 aromatic heterocycles. The largest absolute Gasteiger partial charge is 0.351 e. The van der Waals surface area contributed by atoms with E-state index in [1.165, 1.54) is 0 Å². The van der Waals surface area contributed by atoms with Gasteiger partial charge in [0, 0.05) is 17.4 Å². The van der Waals surface area contributed by atoms with Crippen LogP contribution in [0.3, 0.4) is 0 Å². The Labute approximate surface area is 235 Å². The molecule has 9 heteroatoms. The summed E-state index contributed by atoms with van der Waals surface area (Å²) in [4.78, 5) is 58.4. The van der Waals surface area contributed by atoms with Gasteiger partial charge in [-0.3, -0.25) is 19.2 Å². The highest BCUT2D eigenvalue weighted by Crippen LogP contribution is 2.65. The summed E-state index contributed by atoms with van der Waals surface area (Å²) in [5.41, 5.74) is 0.590. The van der Waals surface area contributed by atoms with Crippen molar-refractivity contribution in [1.82, 2.24) is 20.5 Å². The summed E-state index contributed by atoms with van der Waals surface area (Å²) in [6.07, 6.45) is 0.434. The van der Waals surface area contributed by atoms with Gasteiger partial charge in [0.2, 0.25) is 11.8 Å². The van der Waals surface area contributed by atoms with E-state index in [1.807, 2.05) is 58.9 Å². The first kappa shape index (κ1) is 29.1. The highest BCUT2D eigenvalue weighted by atomic mass is 35.5. The van der Waals surface area contributed by atoms with Gasteiger partial charge in [-0.25, -0.2) is 0 Å². The van der Waals surface area contributed by atoms with Crippen molar-refractivity contribution >= 4 is 46.0 Å². The number of piperidine rings is 1. The number of nitrogens with one attached hydrogen (secondary N) is 3. The Balaban J connectivity index is 1.58. The maximum absolute atomic E-state index is 14.0. The molecule has 1 aromatic carbocycles. The van der Waals surface area contributed by atoms with Crippen molar-refractivity contribution < 1.29 is 19.2 Å². The number of alkyl halides is 1. The number of hydrogen-bond donors (Lipinski definition) is 3. The topological polar surface area (TPSA) is 111 Å². The standard InChI is InChI=1S/C30H41ClN4O4/c1-16(2)12-21(33-26(37)20-13-17-10-8-9-11-19(17)32-20)28(39)35-15-18-23(30(18,6)7)24(35)27(38)34-25(22(36)14-31)29(3,4)5/h8-11,13,16,18,21,23-25,32H,12,14-15H2,1-7H3,(H,33,37)(H,34,38)/t18?,21-,23-,24-,25?/m0/s1. The summed E-state index contributed by atoms with van der Waals surface area (Å²) >= 11 is 5.86. The van der Waals surface area contributed by atoms with Crippen LogP contribution in [0.25, 0.3) is 10.9 Å². The summed E-state index contributed by atoms with van der Waals surface area (Å²) in [5.74, 6) is -1.15. The van der Waals surface area contributed by atoms with Crippen LogP contribution in [0.2, 0.25) is 0 Å². The summed E-state index contributed by atoms with van der Waals surface area (Å²) in [5, 5.41) is 6.78. The molecule has 1 saturated heterocycles. The van der Waals surface area contributed by atoms with E-state index in [2.05, 4.69) is 29.5 Å². The fraction of sp³-hybridized carbons (Fsp3) is 0.600. The molecular weight excluding hydrogens is 516 g/mol. The number of carbonyl (C=O) groups is 4. The summed E-state index contributed by atoms with van der Waals surface area (Å²) in [6.45, 7) is 14.3. The van der Waals surface area contributed by atoms with Crippen LogP contribution in [-0.4, -0.2) is 63.9 Å². The van der Waals surface area contributed by atoms with Gasteiger partial charge < -0.3 is 20.5 Å². The van der Waals surface area contributed by atoms with Crippen LogP contribution in [0.5, 0.6) is 0 Å². The van der Waals surface area contributed by atoms with Crippen molar-refractivity contribution in [2.75, 3.05) is 12.4 Å². The molecule has 2 unspecified atom stereocenters. The Morgan fingerprint density at radius 2 is 1.79 bits per heavy atom. The Bertz CT molecular complexity index is 1240. The molecule has 3 amide bonds. The van der Waals surface area contributed by atoms with Crippen molar-refractivity contribution in [3.8, 4) is 0 Å². The molecule has 39 heavy (non-hydrogen) atoms. The number of nitrogens with zero attached hydrogens (tertiary/aromatic N) is 1. The number of aromatic nitrogens is 1. The number of para-hydroxylation sites is 1. The minimum absolute atomic E-state index is 0.0164. The number of hydrogen-bond acceptors (Lipinski definition) is 4. The second-order valence-electron chi connectivity index (χ2n) is 13.2. The van der Waals surface area contributed by atoms with E-state index in [4.69, 9.17) is 11.6 Å². The van der Waals surface area contributed by atoms with Crippen molar-refractivity contribution in [1.29, 1.82) is 0 Å². The molecule has 0 bridgehead atoms. The van der Waals surface area contributed by atoms with Gasteiger partial charge in [0.05, 0.1) is 11.9 Å². The first-order chi connectivity index (χ1) is 18.2. The molecular formula is C30H41ClN4O4. The molecule has 212 valence electrons. The number of amides is 3. The van der Waals surface area contributed by atoms with Gasteiger partial charge in [-0.1, -0.05) is 66.7 Å². The second kappa shape index (κ2) is 10.6. The number of likely N-dealkylation sites (tertiary alicyclic amines) is 1. The smallest absolute Gasteiger partial charge is 0.268 e. The maximum atomic E-state index is 14.0. The van der Waals surface area contributed by atoms with Crippen LogP contribution >= 0.6 is 11.6 Å². The third kappa shape index (κ3) is 5.72. The molecule has 0 radical (unpaired) electrons. The quantitative estimate of drug-likeness (QED) is 0.403. The van der Waals surface area contributed by atoms with Crippen molar-refractivity contribution in [2.24, 2.45) is 28.6 Å². The van der Waals surface area contributed by atoms with Crippen LogP contribution in [0.4, 0.5) is 0 Å². The van der Waals surface area contributed by atoms with Crippen molar-refractivity contribution in [3.63, 3.8) is 0 Å². The number of rotatable bonds is 9. The van der Waals surface area contributed by atoms with Gasteiger partial charge >= 0.3 is 0 Å². The number of Topliss-reactive ketones (excluding diaryl/α,β-unsaturated/α-hetero) is 1. The minimum Gasteiger partial charge on any atom is -0.351 e. The van der Waals surface area contributed by atoms with Crippen LogP contribution in [0.15, 0.2) is 30.3 Å². The molecule has 1 saturated carbocycles. The zero-order valence-corrected chi connectivity index (χ0v) is 24.7. The molecule has 2 fully saturated rings. The summed E-state index contributed by atoms with van der Waals surface area (Å²) in [6, 6.07) is 7.10. The number of aromatic amines is 1. The molecule has 1 aliphatic carbocycles. The third-order valence-electron chi connectivity index (χ3n) is 8.45. The predicted molar refractivity (Wildman–Crippen MR) is 152 cm³/mol. The first-order valence-corrected chi connectivity index (χ1v) is 14.3. The molecule has 1 aliphatic heterocycles. The SMILES string of the molecule is CC(C)C[C@H](NC(=O)c1cc2ccccc2[nH]1)C(=O)N1CC2[C@@H]([C@H]1C(=O)NC(C(=O)CCl)C(C)(C)C)C2(C)C. The second-order valence-corrected chi connectivity index (χ2v) is 13.5. The van der Waals surface area contributed by atoms with Crippen molar-refractivity contribution in [3.05, 3.63) is 36.0 Å². The number of fused-ring (bicyclic) bond motifs is 2. The van der Waals surface area contributed by atoms with Gasteiger partial charge in [-0.2, -0.15) is 0 Å². The van der Waals surface area contributed by atoms with E-state index in [-0.39, 0.29) is 52.6 Å². The Morgan fingerprint density at radius 1 is 1.13 bits per heavy atom. The molecule has 2 aromatic rings. The van der Waals surface area contributed by atoms with Gasteiger partial charge in [0.15, 0.2) is 5.78 Å². The van der Waals surface area contributed by atoms with E-state index in [9.17, 15) is 19.2 Å². The van der Waals surface area contributed by atoms with Gasteiger partial charge in [-0.15, -0.1) is 11.6 Å². The van der Waals surface area contributed by atoms with E-state index >= 15 is 0 Å². The predicted octanol–water partition coefficient (Wildman–Crippen LogP) is 4.13. The highest BCUT2D eigenvalue weighted by Gasteiger charge is 2.69. The monoisotopic (exact) mass is 556 g/mol. The molecule has 8 nitrogen and oxygen atoms in total. The van der Waals surface area contributed by atoms with Gasteiger partial charge in [-0.05, 0) is 47.1 Å². The van der Waals surface area contributed by atoms with E-state index in [0.29, 0.717) is 18.7 Å². The van der Waals surface area contributed by atoms with Crippen LogP contribution in [-0.2, 0) is 14.4 Å². The fourth-order valence-corrected chi connectivity index (χ4v) is 6.38. The number of H-pyrrole nitrogens is 1. The van der Waals surface area contributed by atoms with Crippen LogP contribution in [0.1, 0.15) is 65.4 Å². The number of benzene rings is 1. The van der Waals surface area contributed by atoms with Crippen molar-refractivity contribution in [2.45, 2.75) is 73.0 Å². The van der Waals surface area contributed by atoms with E-state index in [0.717, 1.165) is 10.9 Å². The zero-order chi connectivity index (χ0) is 28.9. The third-order valence-corrected chi connectivity index (χ3v) is 8.72.